The van der Waals surface area contributed by atoms with Crippen LogP contribution in [0.3, 0.4) is 0 Å². The first kappa shape index (κ1) is 17.3. The van der Waals surface area contributed by atoms with Gasteiger partial charge in [-0.1, -0.05) is 17.7 Å². The van der Waals surface area contributed by atoms with Gasteiger partial charge in [0.2, 0.25) is 0 Å². The van der Waals surface area contributed by atoms with Crippen molar-refractivity contribution in [1.82, 2.24) is 4.98 Å². The van der Waals surface area contributed by atoms with E-state index in [1.807, 2.05) is 18.2 Å². The Balaban J connectivity index is 1.72. The number of fused-ring (bicyclic) bond motifs is 2. The number of rotatable bonds is 7. The maximum Gasteiger partial charge on any atom is 0.305 e. The molecule has 0 saturated heterocycles. The summed E-state index contributed by atoms with van der Waals surface area (Å²) in [7, 11) is 1.38. The van der Waals surface area contributed by atoms with Crippen molar-refractivity contribution in [2.75, 3.05) is 7.11 Å². The number of esters is 1. The number of Topliss-reactive ketones (excluding diaryl/α,β-unsaturated/α-hetero) is 1. The van der Waals surface area contributed by atoms with E-state index in [0.29, 0.717) is 32.1 Å². The topological polar surface area (TPSA) is 68.6 Å². The molecular formula is C20H22N2O3. The zero-order valence-electron chi connectivity index (χ0n) is 14.4. The third kappa shape index (κ3) is 4.10. The smallest absolute Gasteiger partial charge is 0.305 e. The molecule has 0 amide bonds. The first-order valence-corrected chi connectivity index (χ1v) is 8.65. The molecule has 1 unspecified atom stereocenters. The lowest BCUT2D eigenvalue weighted by molar-refractivity contribution is -0.140. The number of ether oxygens (including phenoxy) is 1. The number of dihydropyridines is 1. The van der Waals surface area contributed by atoms with Crippen molar-refractivity contribution in [3.05, 3.63) is 41.0 Å². The Morgan fingerprint density at radius 3 is 2.96 bits per heavy atom. The number of ketones is 1. The maximum absolute atomic E-state index is 12.4. The van der Waals surface area contributed by atoms with Crippen molar-refractivity contribution in [2.24, 2.45) is 10.9 Å². The summed E-state index contributed by atoms with van der Waals surface area (Å²) in [6.07, 6.45) is 11.2. The van der Waals surface area contributed by atoms with Gasteiger partial charge in [0, 0.05) is 42.8 Å². The lowest BCUT2D eigenvalue weighted by Gasteiger charge is -2.22. The highest BCUT2D eigenvalue weighted by Gasteiger charge is 2.22. The number of pyridine rings is 1. The van der Waals surface area contributed by atoms with Gasteiger partial charge in [0.15, 0.2) is 0 Å². The van der Waals surface area contributed by atoms with Crippen LogP contribution in [0.2, 0.25) is 0 Å². The van der Waals surface area contributed by atoms with E-state index >= 15 is 0 Å². The van der Waals surface area contributed by atoms with Crippen LogP contribution < -0.4 is 10.6 Å². The Labute approximate surface area is 146 Å². The Hall–Kier alpha value is -2.56. The number of carbonyl (C=O) groups is 2. The molecule has 2 heterocycles. The van der Waals surface area contributed by atoms with Gasteiger partial charge in [-0.15, -0.1) is 0 Å². The third-order valence-corrected chi connectivity index (χ3v) is 4.62. The zero-order chi connectivity index (χ0) is 17.6. The van der Waals surface area contributed by atoms with Crippen molar-refractivity contribution < 1.29 is 14.3 Å². The fraction of sp³-hybridized carbons (Fsp3) is 0.400. The van der Waals surface area contributed by atoms with Crippen LogP contribution in [-0.2, 0) is 14.3 Å². The molecule has 0 fully saturated rings. The van der Waals surface area contributed by atoms with Crippen LogP contribution in [0.5, 0.6) is 0 Å². The Morgan fingerprint density at radius 1 is 1.28 bits per heavy atom. The molecule has 25 heavy (non-hydrogen) atoms. The molecule has 1 atom stereocenters. The van der Waals surface area contributed by atoms with E-state index in [-0.39, 0.29) is 17.7 Å². The highest BCUT2D eigenvalue weighted by atomic mass is 16.5. The lowest BCUT2D eigenvalue weighted by Crippen LogP contribution is -2.38. The van der Waals surface area contributed by atoms with E-state index in [9.17, 15) is 9.59 Å². The molecule has 130 valence electrons. The van der Waals surface area contributed by atoms with E-state index in [1.54, 1.807) is 12.4 Å². The van der Waals surface area contributed by atoms with Crippen LogP contribution in [0, 0.1) is 5.92 Å². The minimum absolute atomic E-state index is 0.203. The van der Waals surface area contributed by atoms with Crippen LogP contribution in [-0.4, -0.2) is 30.1 Å². The van der Waals surface area contributed by atoms with E-state index in [2.05, 4.69) is 20.8 Å². The second-order valence-electron chi connectivity index (χ2n) is 6.36. The summed E-state index contributed by atoms with van der Waals surface area (Å²) in [5, 5.41) is 1.94. The van der Waals surface area contributed by atoms with Crippen molar-refractivity contribution in [2.45, 2.75) is 38.5 Å². The fourth-order valence-corrected chi connectivity index (χ4v) is 3.35. The van der Waals surface area contributed by atoms with Gasteiger partial charge in [-0.05, 0) is 31.4 Å². The number of methoxy groups -OCH3 is 1. The van der Waals surface area contributed by atoms with E-state index in [4.69, 9.17) is 0 Å². The van der Waals surface area contributed by atoms with Crippen molar-refractivity contribution >= 4 is 29.2 Å². The second-order valence-corrected chi connectivity index (χ2v) is 6.36. The molecule has 0 bridgehead atoms. The molecule has 0 aromatic carbocycles. The Kier molecular flexibility index (Phi) is 5.53. The van der Waals surface area contributed by atoms with Gasteiger partial charge in [0.25, 0.3) is 0 Å². The van der Waals surface area contributed by atoms with Crippen molar-refractivity contribution in [3.63, 3.8) is 0 Å². The molecule has 0 saturated carbocycles. The van der Waals surface area contributed by atoms with Gasteiger partial charge in [-0.2, -0.15) is 0 Å². The molecule has 0 N–H and O–H groups in total. The van der Waals surface area contributed by atoms with Crippen molar-refractivity contribution in [3.8, 4) is 0 Å². The predicted molar refractivity (Wildman–Crippen MR) is 96.2 cm³/mol. The molecule has 1 aliphatic heterocycles. The number of unbranched alkanes of at least 4 members (excludes halogenated alkanes) is 1. The predicted octanol–water partition coefficient (Wildman–Crippen LogP) is 1.69. The van der Waals surface area contributed by atoms with Crippen LogP contribution in [0.25, 0.3) is 11.3 Å². The molecular weight excluding hydrogens is 316 g/mol. The summed E-state index contributed by atoms with van der Waals surface area (Å²) in [6.45, 7) is 0. The average Bonchev–Trinajstić information content (AvgIpc) is 2.65. The SMILES string of the molecule is COC(=O)CCCCC(=O)CC1=c2cccnc2=C2N=CC=CC2C1. The van der Waals surface area contributed by atoms with Gasteiger partial charge < -0.3 is 4.74 Å². The van der Waals surface area contributed by atoms with E-state index < -0.39 is 0 Å². The summed E-state index contributed by atoms with van der Waals surface area (Å²) >= 11 is 0. The molecule has 0 spiro atoms. The first-order chi connectivity index (χ1) is 12.2. The number of aromatic nitrogens is 1. The Bertz CT molecular complexity index is 852. The Morgan fingerprint density at radius 2 is 2.12 bits per heavy atom. The quantitative estimate of drug-likeness (QED) is 0.560. The minimum Gasteiger partial charge on any atom is -0.469 e. The fourth-order valence-electron chi connectivity index (χ4n) is 3.35. The average molecular weight is 338 g/mol. The van der Waals surface area contributed by atoms with Crippen molar-refractivity contribution in [1.29, 1.82) is 0 Å². The summed E-state index contributed by atoms with van der Waals surface area (Å²) < 4.78 is 4.61. The summed E-state index contributed by atoms with van der Waals surface area (Å²) in [5.74, 6) is 0.192. The molecule has 5 nitrogen and oxygen atoms in total. The van der Waals surface area contributed by atoms with Gasteiger partial charge in [0.05, 0.1) is 18.2 Å². The number of allylic oxidation sites excluding steroid dienone is 1. The maximum atomic E-state index is 12.4. The second kappa shape index (κ2) is 8.01. The van der Waals surface area contributed by atoms with Crippen LogP contribution in [0.4, 0.5) is 0 Å². The van der Waals surface area contributed by atoms with Crippen LogP contribution in [0.1, 0.15) is 38.5 Å². The third-order valence-electron chi connectivity index (χ3n) is 4.62. The number of nitrogens with zero attached hydrogens (tertiary/aromatic N) is 2. The summed E-state index contributed by atoms with van der Waals surface area (Å²) in [6, 6.07) is 3.93. The molecule has 0 radical (unpaired) electrons. The normalized spacial score (nSPS) is 17.9. The molecule has 2 aliphatic rings. The van der Waals surface area contributed by atoms with Gasteiger partial charge >= 0.3 is 5.97 Å². The standard InChI is InChI=1S/C20H22N2O3/c1-25-18(24)9-3-2-7-16(23)13-15-12-14-6-4-10-21-19(14)20-17(15)8-5-11-22-20/h4-6,8,10-11,14H,2-3,7,9,12-13H2,1H3. The summed E-state index contributed by atoms with van der Waals surface area (Å²) in [4.78, 5) is 32.5. The monoisotopic (exact) mass is 338 g/mol. The minimum atomic E-state index is -0.221. The molecule has 5 heteroatoms. The number of hydrogen-bond donors (Lipinski definition) is 0. The van der Waals surface area contributed by atoms with Gasteiger partial charge in [0.1, 0.15) is 5.78 Å². The molecule has 1 aromatic heterocycles. The molecule has 1 aliphatic carbocycles. The lowest BCUT2D eigenvalue weighted by atomic mass is 9.86. The first-order valence-electron chi connectivity index (χ1n) is 8.65. The highest BCUT2D eigenvalue weighted by molar-refractivity contribution is 5.88. The number of carbonyl (C=O) groups excluding carboxylic acids is 2. The molecule has 1 aromatic rings. The van der Waals surface area contributed by atoms with Crippen LogP contribution >= 0.6 is 0 Å². The van der Waals surface area contributed by atoms with Crippen LogP contribution in [0.15, 0.2) is 35.5 Å². The number of hydrogen-bond acceptors (Lipinski definition) is 5. The summed E-state index contributed by atoms with van der Waals surface area (Å²) in [5.41, 5.74) is 2.13. The highest BCUT2D eigenvalue weighted by Crippen LogP contribution is 2.28. The zero-order valence-corrected chi connectivity index (χ0v) is 14.4. The largest absolute Gasteiger partial charge is 0.469 e. The van der Waals surface area contributed by atoms with E-state index in [1.165, 1.54) is 7.11 Å². The van der Waals surface area contributed by atoms with E-state index in [0.717, 1.165) is 28.3 Å². The van der Waals surface area contributed by atoms with Gasteiger partial charge in [-0.25, -0.2) is 0 Å². The van der Waals surface area contributed by atoms with Gasteiger partial charge in [-0.3, -0.25) is 19.6 Å². The number of aliphatic imine (C=N–C) groups is 1. The molecule has 3 rings (SSSR count).